The van der Waals surface area contributed by atoms with Crippen LogP contribution >= 0.6 is 22.7 Å². The molecule has 110 valence electrons. The van der Waals surface area contributed by atoms with Gasteiger partial charge in [0.1, 0.15) is 0 Å². The van der Waals surface area contributed by atoms with Gasteiger partial charge in [-0.05, 0) is 35.7 Å². The Morgan fingerprint density at radius 1 is 1.14 bits per heavy atom. The molecule has 0 unspecified atom stereocenters. The van der Waals surface area contributed by atoms with Gasteiger partial charge in [0.15, 0.2) is 0 Å². The number of hydrogen-bond acceptors (Lipinski definition) is 5. The first kappa shape index (κ1) is 14.6. The Morgan fingerprint density at radius 2 is 2.05 bits per heavy atom. The van der Waals surface area contributed by atoms with Gasteiger partial charge in [-0.2, -0.15) is 11.3 Å². The van der Waals surface area contributed by atoms with Crippen molar-refractivity contribution in [1.29, 1.82) is 0 Å². The normalized spacial score (nSPS) is 10.4. The molecule has 3 heterocycles. The highest BCUT2D eigenvalue weighted by atomic mass is 32.1. The number of amides is 1. The topological polar surface area (TPSA) is 59.1 Å². The summed E-state index contributed by atoms with van der Waals surface area (Å²) in [6, 6.07) is 8.92. The van der Waals surface area contributed by atoms with Crippen LogP contribution in [0.3, 0.4) is 0 Å². The monoisotopic (exact) mass is 328 g/mol. The van der Waals surface area contributed by atoms with E-state index in [0.29, 0.717) is 22.5 Å². The third-order valence-electron chi connectivity index (χ3n) is 3.02. The average Bonchev–Trinajstić information content (AvgIpc) is 3.24. The van der Waals surface area contributed by atoms with Crippen LogP contribution in [0.4, 0.5) is 0 Å². The number of thiophene rings is 2. The Balaban J connectivity index is 1.63. The second-order valence-corrected chi connectivity index (χ2v) is 6.48. The quantitative estimate of drug-likeness (QED) is 0.731. The maximum Gasteiger partial charge on any atom is 0.253 e. The number of rotatable bonds is 5. The zero-order valence-corrected chi connectivity index (χ0v) is 13.1. The molecule has 0 fully saturated rings. The summed E-state index contributed by atoms with van der Waals surface area (Å²) in [7, 11) is 0. The lowest BCUT2D eigenvalue weighted by atomic mass is 10.2. The van der Waals surface area contributed by atoms with Gasteiger partial charge in [-0.25, -0.2) is 0 Å². The lowest BCUT2D eigenvalue weighted by Crippen LogP contribution is -2.22. The number of nitrogens with one attached hydrogen (secondary N) is 1. The fourth-order valence-electron chi connectivity index (χ4n) is 1.90. The SMILES string of the molecule is O=C(NCc1ccc(C(=O)c2ccsc2)s1)c1cccnc1. The number of aromatic nitrogens is 1. The van der Waals surface area contributed by atoms with E-state index < -0.39 is 0 Å². The Labute approximate surface area is 135 Å². The molecule has 0 bridgehead atoms. The van der Waals surface area contributed by atoms with Crippen LogP contribution in [0.5, 0.6) is 0 Å². The minimum absolute atomic E-state index is 0.0242. The van der Waals surface area contributed by atoms with Crippen molar-refractivity contribution in [2.75, 3.05) is 0 Å². The van der Waals surface area contributed by atoms with E-state index in [4.69, 9.17) is 0 Å². The molecular weight excluding hydrogens is 316 g/mol. The summed E-state index contributed by atoms with van der Waals surface area (Å²) in [6.45, 7) is 0.398. The lowest BCUT2D eigenvalue weighted by molar-refractivity contribution is 0.0950. The van der Waals surface area contributed by atoms with Crippen LogP contribution in [0.25, 0.3) is 0 Å². The Morgan fingerprint density at radius 3 is 2.77 bits per heavy atom. The van der Waals surface area contributed by atoms with E-state index in [0.717, 1.165) is 4.88 Å². The lowest BCUT2D eigenvalue weighted by Gasteiger charge is -2.02. The molecule has 0 aliphatic rings. The Kier molecular flexibility index (Phi) is 4.41. The fourth-order valence-corrected chi connectivity index (χ4v) is 3.44. The molecule has 0 radical (unpaired) electrons. The van der Waals surface area contributed by atoms with E-state index in [1.165, 1.54) is 28.9 Å². The van der Waals surface area contributed by atoms with Gasteiger partial charge in [0.05, 0.1) is 17.0 Å². The molecule has 1 amide bonds. The van der Waals surface area contributed by atoms with Gasteiger partial charge < -0.3 is 5.32 Å². The van der Waals surface area contributed by atoms with E-state index in [1.807, 2.05) is 22.9 Å². The second-order valence-electron chi connectivity index (χ2n) is 4.53. The summed E-state index contributed by atoms with van der Waals surface area (Å²) in [5.74, 6) is -0.150. The zero-order chi connectivity index (χ0) is 15.4. The first-order valence-corrected chi connectivity index (χ1v) is 8.34. The van der Waals surface area contributed by atoms with E-state index in [1.54, 1.807) is 24.4 Å². The van der Waals surface area contributed by atoms with E-state index in [-0.39, 0.29) is 11.7 Å². The summed E-state index contributed by atoms with van der Waals surface area (Å²) in [5, 5.41) is 6.55. The van der Waals surface area contributed by atoms with Gasteiger partial charge in [0, 0.05) is 28.2 Å². The minimum atomic E-state index is -0.174. The maximum absolute atomic E-state index is 12.2. The number of nitrogens with zero attached hydrogens (tertiary/aromatic N) is 1. The molecule has 0 atom stereocenters. The van der Waals surface area contributed by atoms with E-state index >= 15 is 0 Å². The molecule has 0 saturated heterocycles. The van der Waals surface area contributed by atoms with Crippen molar-refractivity contribution in [3.8, 4) is 0 Å². The number of carbonyl (C=O) groups excluding carboxylic acids is 2. The number of carbonyl (C=O) groups is 2. The van der Waals surface area contributed by atoms with Crippen LogP contribution in [0.1, 0.15) is 30.5 Å². The maximum atomic E-state index is 12.2. The van der Waals surface area contributed by atoms with Gasteiger partial charge in [-0.1, -0.05) is 0 Å². The van der Waals surface area contributed by atoms with Gasteiger partial charge >= 0.3 is 0 Å². The zero-order valence-electron chi connectivity index (χ0n) is 11.5. The molecule has 4 nitrogen and oxygen atoms in total. The summed E-state index contributed by atoms with van der Waals surface area (Å²) < 4.78 is 0. The van der Waals surface area contributed by atoms with Crippen LogP contribution < -0.4 is 5.32 Å². The van der Waals surface area contributed by atoms with Crippen LogP contribution in [0.2, 0.25) is 0 Å². The van der Waals surface area contributed by atoms with E-state index in [2.05, 4.69) is 10.3 Å². The summed E-state index contributed by atoms with van der Waals surface area (Å²) in [5.41, 5.74) is 1.23. The molecule has 3 aromatic rings. The molecule has 0 aliphatic carbocycles. The van der Waals surface area contributed by atoms with Crippen molar-refractivity contribution in [2.45, 2.75) is 6.54 Å². The van der Waals surface area contributed by atoms with Crippen molar-refractivity contribution in [3.05, 3.63) is 74.4 Å². The van der Waals surface area contributed by atoms with Crippen LogP contribution in [-0.4, -0.2) is 16.7 Å². The molecule has 0 aliphatic heterocycles. The fraction of sp³-hybridized carbons (Fsp3) is 0.0625. The van der Waals surface area contributed by atoms with Crippen molar-refractivity contribution >= 4 is 34.4 Å². The highest BCUT2D eigenvalue weighted by Crippen LogP contribution is 2.21. The first-order chi connectivity index (χ1) is 10.7. The van der Waals surface area contributed by atoms with Crippen molar-refractivity contribution in [3.63, 3.8) is 0 Å². The van der Waals surface area contributed by atoms with Crippen molar-refractivity contribution in [1.82, 2.24) is 10.3 Å². The molecule has 22 heavy (non-hydrogen) atoms. The highest BCUT2D eigenvalue weighted by molar-refractivity contribution is 7.14. The predicted octanol–water partition coefficient (Wildman–Crippen LogP) is 3.37. The minimum Gasteiger partial charge on any atom is -0.347 e. The standard InChI is InChI=1S/C16H12N2O2S2/c19-15(12-5-7-21-10-12)14-4-3-13(22-14)9-18-16(20)11-2-1-6-17-8-11/h1-8,10H,9H2,(H,18,20). The molecule has 3 aromatic heterocycles. The molecule has 6 heteroatoms. The van der Waals surface area contributed by atoms with Crippen LogP contribution in [-0.2, 0) is 6.54 Å². The molecule has 3 rings (SSSR count). The second kappa shape index (κ2) is 6.64. The van der Waals surface area contributed by atoms with Crippen molar-refractivity contribution in [2.24, 2.45) is 0 Å². The largest absolute Gasteiger partial charge is 0.347 e. The van der Waals surface area contributed by atoms with Gasteiger partial charge in [-0.15, -0.1) is 11.3 Å². The third kappa shape index (κ3) is 3.29. The van der Waals surface area contributed by atoms with Crippen LogP contribution in [0, 0.1) is 0 Å². The molecule has 1 N–H and O–H groups in total. The van der Waals surface area contributed by atoms with E-state index in [9.17, 15) is 9.59 Å². The number of pyridine rings is 1. The summed E-state index contributed by atoms with van der Waals surface area (Å²) >= 11 is 2.90. The average molecular weight is 328 g/mol. The molecule has 0 spiro atoms. The Bertz CT molecular complexity index is 780. The first-order valence-electron chi connectivity index (χ1n) is 6.58. The van der Waals surface area contributed by atoms with Gasteiger partial charge in [0.2, 0.25) is 5.78 Å². The third-order valence-corrected chi connectivity index (χ3v) is 4.78. The van der Waals surface area contributed by atoms with Gasteiger partial charge in [-0.3, -0.25) is 14.6 Å². The summed E-state index contributed by atoms with van der Waals surface area (Å²) in [6.07, 6.45) is 3.15. The van der Waals surface area contributed by atoms with Crippen LogP contribution in [0.15, 0.2) is 53.5 Å². The molecular formula is C16H12N2O2S2. The molecule has 0 saturated carbocycles. The van der Waals surface area contributed by atoms with Crippen molar-refractivity contribution < 1.29 is 9.59 Å². The highest BCUT2D eigenvalue weighted by Gasteiger charge is 2.13. The predicted molar refractivity (Wildman–Crippen MR) is 87.5 cm³/mol. The number of hydrogen-bond donors (Lipinski definition) is 1. The summed E-state index contributed by atoms with van der Waals surface area (Å²) in [4.78, 5) is 29.7. The molecule has 0 aromatic carbocycles. The number of ketones is 1. The smallest absolute Gasteiger partial charge is 0.253 e. The Hall–Kier alpha value is -2.31. The van der Waals surface area contributed by atoms with Gasteiger partial charge in [0.25, 0.3) is 5.91 Å².